The highest BCUT2D eigenvalue weighted by molar-refractivity contribution is 9.11. The lowest BCUT2D eigenvalue weighted by atomic mass is 10.2. The average molecular weight is 380 g/mol. The van der Waals surface area contributed by atoms with Gasteiger partial charge < -0.3 is 0 Å². The van der Waals surface area contributed by atoms with Crippen LogP contribution < -0.4 is 0 Å². The third kappa shape index (κ3) is 3.52. The van der Waals surface area contributed by atoms with E-state index in [-0.39, 0.29) is 5.78 Å². The van der Waals surface area contributed by atoms with E-state index in [1.165, 1.54) is 0 Å². The van der Waals surface area contributed by atoms with E-state index in [0.29, 0.717) is 12.8 Å². The van der Waals surface area contributed by atoms with Crippen molar-refractivity contribution in [2.24, 2.45) is 0 Å². The van der Waals surface area contributed by atoms with E-state index in [2.05, 4.69) is 31.9 Å². The minimum Gasteiger partial charge on any atom is -0.299 e. The maximum absolute atomic E-state index is 11.8. The van der Waals surface area contributed by atoms with Crippen LogP contribution in [0.3, 0.4) is 0 Å². The summed E-state index contributed by atoms with van der Waals surface area (Å²) in [7, 11) is 0. The molecule has 2 aromatic heterocycles. The quantitative estimate of drug-likeness (QED) is 0.753. The summed E-state index contributed by atoms with van der Waals surface area (Å²) in [5, 5.41) is 0. The summed E-state index contributed by atoms with van der Waals surface area (Å²) < 4.78 is 2.16. The Hall–Kier alpha value is 0.0300. The molecule has 2 aromatic rings. The van der Waals surface area contributed by atoms with E-state index < -0.39 is 0 Å². The highest BCUT2D eigenvalue weighted by atomic mass is 79.9. The van der Waals surface area contributed by atoms with Crippen LogP contribution >= 0.6 is 54.5 Å². The van der Waals surface area contributed by atoms with Crippen molar-refractivity contribution in [1.82, 2.24) is 0 Å². The van der Waals surface area contributed by atoms with Crippen LogP contribution in [0.25, 0.3) is 0 Å². The number of Topliss-reactive ketones (excluding diaryl/α,β-unsaturated/α-hetero) is 1. The molecule has 5 heteroatoms. The zero-order valence-electron chi connectivity index (χ0n) is 8.20. The van der Waals surface area contributed by atoms with Crippen molar-refractivity contribution in [3.05, 3.63) is 41.6 Å². The number of carbonyl (C=O) groups excluding carboxylic acids is 1. The van der Waals surface area contributed by atoms with Gasteiger partial charge in [0.1, 0.15) is 5.78 Å². The summed E-state index contributed by atoms with van der Waals surface area (Å²) in [5.41, 5.74) is 0. The molecule has 2 rings (SSSR count). The average Bonchev–Trinajstić information content (AvgIpc) is 2.76. The zero-order valence-corrected chi connectivity index (χ0v) is 13.0. The summed E-state index contributed by atoms with van der Waals surface area (Å²) in [5.74, 6) is 0.267. The van der Waals surface area contributed by atoms with E-state index in [1.807, 2.05) is 24.3 Å². The molecule has 0 aliphatic rings. The topological polar surface area (TPSA) is 17.1 Å². The van der Waals surface area contributed by atoms with Crippen molar-refractivity contribution in [2.45, 2.75) is 12.8 Å². The normalized spacial score (nSPS) is 10.6. The minimum absolute atomic E-state index is 0.267. The SMILES string of the molecule is O=C(Cc1ccc(Br)s1)Cc1ccc(Br)s1. The molecule has 0 bridgehead atoms. The molecule has 16 heavy (non-hydrogen) atoms. The van der Waals surface area contributed by atoms with Crippen molar-refractivity contribution in [3.63, 3.8) is 0 Å². The van der Waals surface area contributed by atoms with Gasteiger partial charge in [-0.3, -0.25) is 4.79 Å². The van der Waals surface area contributed by atoms with E-state index >= 15 is 0 Å². The number of halogens is 2. The Morgan fingerprint density at radius 1 is 0.938 bits per heavy atom. The molecule has 0 aromatic carbocycles. The van der Waals surface area contributed by atoms with E-state index in [0.717, 1.165) is 17.3 Å². The van der Waals surface area contributed by atoms with E-state index in [9.17, 15) is 4.79 Å². The third-order valence-corrected chi connectivity index (χ3v) is 5.25. The molecule has 1 nitrogen and oxygen atoms in total. The first kappa shape index (κ1) is 12.5. The highest BCUT2D eigenvalue weighted by Crippen LogP contribution is 2.25. The number of rotatable bonds is 4. The predicted octanol–water partition coefficient (Wildman–Crippen LogP) is 4.69. The number of hydrogen-bond acceptors (Lipinski definition) is 3. The fraction of sp³-hybridized carbons (Fsp3) is 0.182. The van der Waals surface area contributed by atoms with Gasteiger partial charge in [-0.05, 0) is 56.1 Å². The Morgan fingerprint density at radius 2 is 1.38 bits per heavy atom. The molecule has 2 heterocycles. The lowest BCUT2D eigenvalue weighted by Crippen LogP contribution is -2.03. The van der Waals surface area contributed by atoms with Crippen LogP contribution in [0.5, 0.6) is 0 Å². The van der Waals surface area contributed by atoms with Gasteiger partial charge in [-0.2, -0.15) is 0 Å². The highest BCUT2D eigenvalue weighted by Gasteiger charge is 2.08. The summed E-state index contributed by atoms with van der Waals surface area (Å²) in [4.78, 5) is 14.0. The zero-order chi connectivity index (χ0) is 11.5. The Bertz CT molecular complexity index is 457. The fourth-order valence-corrected chi connectivity index (χ4v) is 4.37. The van der Waals surface area contributed by atoms with Gasteiger partial charge >= 0.3 is 0 Å². The molecule has 0 unspecified atom stereocenters. The van der Waals surface area contributed by atoms with Crippen molar-refractivity contribution >= 4 is 60.3 Å². The standard InChI is InChI=1S/C11H8Br2OS2/c12-10-3-1-8(15-10)5-7(14)6-9-2-4-11(13)16-9/h1-4H,5-6H2. The van der Waals surface area contributed by atoms with Crippen LogP contribution in [0.15, 0.2) is 31.8 Å². The number of thiophene rings is 2. The lowest BCUT2D eigenvalue weighted by molar-refractivity contribution is -0.117. The van der Waals surface area contributed by atoms with Gasteiger partial charge in [-0.25, -0.2) is 0 Å². The molecule has 84 valence electrons. The summed E-state index contributed by atoms with van der Waals surface area (Å²) in [6.45, 7) is 0. The summed E-state index contributed by atoms with van der Waals surface area (Å²) in [6.07, 6.45) is 1.07. The van der Waals surface area contributed by atoms with Crippen LogP contribution in [0.1, 0.15) is 9.75 Å². The summed E-state index contributed by atoms with van der Waals surface area (Å²) in [6, 6.07) is 7.96. The Balaban J connectivity index is 1.94. The lowest BCUT2D eigenvalue weighted by Gasteiger charge is -1.96. The largest absolute Gasteiger partial charge is 0.299 e. The number of hydrogen-bond donors (Lipinski definition) is 0. The first-order valence-corrected chi connectivity index (χ1v) is 7.85. The monoisotopic (exact) mass is 378 g/mol. The van der Waals surface area contributed by atoms with Gasteiger partial charge in [0.2, 0.25) is 0 Å². The third-order valence-electron chi connectivity index (χ3n) is 2.00. The number of carbonyl (C=O) groups is 1. The second-order valence-corrected chi connectivity index (χ2v) is 8.40. The Labute approximate surface area is 119 Å². The van der Waals surface area contributed by atoms with Gasteiger partial charge in [0, 0.05) is 22.6 Å². The van der Waals surface area contributed by atoms with Crippen molar-refractivity contribution < 1.29 is 4.79 Å². The second kappa shape index (κ2) is 5.58. The molecule has 0 N–H and O–H groups in total. The maximum Gasteiger partial charge on any atom is 0.143 e. The maximum atomic E-state index is 11.8. The van der Waals surface area contributed by atoms with E-state index in [1.54, 1.807) is 22.7 Å². The van der Waals surface area contributed by atoms with Crippen LogP contribution in [0, 0.1) is 0 Å². The van der Waals surface area contributed by atoms with Crippen LogP contribution in [-0.2, 0) is 17.6 Å². The molecule has 0 fully saturated rings. The van der Waals surface area contributed by atoms with Gasteiger partial charge in [0.05, 0.1) is 7.57 Å². The van der Waals surface area contributed by atoms with Crippen LogP contribution in [-0.4, -0.2) is 5.78 Å². The van der Waals surface area contributed by atoms with Crippen LogP contribution in [0.4, 0.5) is 0 Å². The molecule has 0 spiro atoms. The van der Waals surface area contributed by atoms with Gasteiger partial charge in [-0.1, -0.05) is 0 Å². The molecule has 0 radical (unpaired) electrons. The molecule has 0 amide bonds. The Morgan fingerprint density at radius 3 is 1.69 bits per heavy atom. The smallest absolute Gasteiger partial charge is 0.143 e. The van der Waals surface area contributed by atoms with Gasteiger partial charge in [-0.15, -0.1) is 22.7 Å². The molecule has 0 aliphatic heterocycles. The first-order valence-electron chi connectivity index (χ1n) is 4.63. The molecule has 0 saturated heterocycles. The molecule has 0 atom stereocenters. The summed E-state index contributed by atoms with van der Waals surface area (Å²) >= 11 is 10.0. The first-order chi connectivity index (χ1) is 7.63. The Kier molecular flexibility index (Phi) is 4.35. The molecular formula is C11H8Br2OS2. The van der Waals surface area contributed by atoms with Crippen LogP contribution in [0.2, 0.25) is 0 Å². The van der Waals surface area contributed by atoms with Gasteiger partial charge in [0.25, 0.3) is 0 Å². The molecular weight excluding hydrogens is 372 g/mol. The molecule has 0 saturated carbocycles. The second-order valence-electron chi connectivity index (χ2n) is 3.30. The van der Waals surface area contributed by atoms with Crippen molar-refractivity contribution in [2.75, 3.05) is 0 Å². The van der Waals surface area contributed by atoms with Crippen molar-refractivity contribution in [3.8, 4) is 0 Å². The predicted molar refractivity (Wildman–Crippen MR) is 76.5 cm³/mol. The molecule has 0 aliphatic carbocycles. The minimum atomic E-state index is 0.267. The number of ketones is 1. The van der Waals surface area contributed by atoms with E-state index in [4.69, 9.17) is 0 Å². The van der Waals surface area contributed by atoms with Crippen molar-refractivity contribution in [1.29, 1.82) is 0 Å². The fourth-order valence-electron chi connectivity index (χ4n) is 1.34. The van der Waals surface area contributed by atoms with Gasteiger partial charge in [0.15, 0.2) is 0 Å².